The first-order valence-corrected chi connectivity index (χ1v) is 11.1. The van der Waals surface area contributed by atoms with Gasteiger partial charge in [-0.15, -0.1) is 0 Å². The van der Waals surface area contributed by atoms with Gasteiger partial charge in [0, 0.05) is 5.69 Å². The van der Waals surface area contributed by atoms with E-state index in [-0.39, 0.29) is 33.4 Å². The highest BCUT2D eigenvalue weighted by Crippen LogP contribution is 2.43. The highest BCUT2D eigenvalue weighted by atomic mass is 19.4. The van der Waals surface area contributed by atoms with Crippen molar-refractivity contribution in [2.24, 2.45) is 0 Å². The molecular weight excluding hydrogens is 455 g/mol. The molecule has 1 unspecified atom stereocenters. The fourth-order valence-electron chi connectivity index (χ4n) is 4.50. The van der Waals surface area contributed by atoms with Gasteiger partial charge in [0.05, 0.1) is 22.6 Å². The first-order valence-electron chi connectivity index (χ1n) is 11.1. The minimum Gasteiger partial charge on any atom is -0.450 e. The Morgan fingerprint density at radius 1 is 0.829 bits per heavy atom. The van der Waals surface area contributed by atoms with Crippen LogP contribution < -0.4 is 10.3 Å². The molecule has 4 nitrogen and oxygen atoms in total. The van der Waals surface area contributed by atoms with Gasteiger partial charge in [0.25, 0.3) is 5.91 Å². The molecule has 35 heavy (non-hydrogen) atoms. The van der Waals surface area contributed by atoms with E-state index in [0.717, 1.165) is 17.7 Å². The SMILES string of the molecule is CC(C)(C)c1ccc(C2c3c(oc4ccccc4c3=O)C(=O)N2c2cccc(C(F)(F)F)c2)cc1. The monoisotopic (exact) mass is 477 g/mol. The molecule has 7 heteroatoms. The van der Waals surface area contributed by atoms with Crippen LogP contribution in [0.25, 0.3) is 11.0 Å². The van der Waals surface area contributed by atoms with E-state index in [4.69, 9.17) is 4.42 Å². The van der Waals surface area contributed by atoms with Gasteiger partial charge in [-0.05, 0) is 46.9 Å². The molecular formula is C28H22F3NO3. The largest absolute Gasteiger partial charge is 0.450 e. The molecule has 0 aliphatic carbocycles. The van der Waals surface area contributed by atoms with E-state index in [2.05, 4.69) is 20.8 Å². The second-order valence-corrected chi connectivity index (χ2v) is 9.67. The fraction of sp³-hybridized carbons (Fsp3) is 0.214. The van der Waals surface area contributed by atoms with Crippen LogP contribution in [0.2, 0.25) is 0 Å². The number of nitrogens with zero attached hydrogens (tertiary/aromatic N) is 1. The lowest BCUT2D eigenvalue weighted by molar-refractivity contribution is -0.137. The zero-order valence-electron chi connectivity index (χ0n) is 19.3. The van der Waals surface area contributed by atoms with Gasteiger partial charge < -0.3 is 4.42 Å². The molecule has 0 saturated carbocycles. The molecule has 1 aliphatic heterocycles. The summed E-state index contributed by atoms with van der Waals surface area (Å²) in [5.74, 6) is -0.817. The second-order valence-electron chi connectivity index (χ2n) is 9.67. The van der Waals surface area contributed by atoms with Crippen LogP contribution >= 0.6 is 0 Å². The van der Waals surface area contributed by atoms with Crippen molar-refractivity contribution in [3.05, 3.63) is 111 Å². The summed E-state index contributed by atoms with van der Waals surface area (Å²) >= 11 is 0. The molecule has 5 rings (SSSR count). The summed E-state index contributed by atoms with van der Waals surface area (Å²) in [7, 11) is 0. The smallest absolute Gasteiger partial charge is 0.416 e. The third-order valence-electron chi connectivity index (χ3n) is 6.32. The average Bonchev–Trinajstić information content (AvgIpc) is 3.11. The number of carbonyl (C=O) groups excluding carboxylic acids is 1. The Labute approximate surface area is 199 Å². The van der Waals surface area contributed by atoms with Gasteiger partial charge in [0.15, 0.2) is 5.43 Å². The summed E-state index contributed by atoms with van der Waals surface area (Å²) in [5.41, 5.74) is 0.654. The zero-order chi connectivity index (χ0) is 25.1. The van der Waals surface area contributed by atoms with E-state index in [1.54, 1.807) is 24.3 Å². The summed E-state index contributed by atoms with van der Waals surface area (Å²) in [6.45, 7) is 6.18. The quantitative estimate of drug-likeness (QED) is 0.317. The van der Waals surface area contributed by atoms with Crippen LogP contribution in [-0.2, 0) is 11.6 Å². The average molecular weight is 477 g/mol. The van der Waals surface area contributed by atoms with Gasteiger partial charge in [0.1, 0.15) is 5.58 Å². The van der Waals surface area contributed by atoms with Crippen LogP contribution in [0.3, 0.4) is 0 Å². The number of anilines is 1. The number of rotatable bonds is 2. The standard InChI is InChI=1S/C28H22F3NO3/c1-27(2,3)17-13-11-16(12-14-17)23-22-24(33)20-9-4-5-10-21(20)35-25(22)26(34)32(23)19-8-6-7-18(15-19)28(29,30)31/h4-15,23H,1-3H3. The number of hydrogen-bond donors (Lipinski definition) is 0. The molecule has 1 aromatic heterocycles. The van der Waals surface area contributed by atoms with Crippen molar-refractivity contribution in [3.63, 3.8) is 0 Å². The van der Waals surface area contributed by atoms with E-state index in [0.29, 0.717) is 10.9 Å². The summed E-state index contributed by atoms with van der Waals surface area (Å²) in [5, 5.41) is 0.307. The third-order valence-corrected chi connectivity index (χ3v) is 6.32. The first-order chi connectivity index (χ1) is 16.5. The Bertz CT molecular complexity index is 1510. The van der Waals surface area contributed by atoms with Gasteiger partial charge in [-0.2, -0.15) is 13.2 Å². The van der Waals surface area contributed by atoms with Crippen molar-refractivity contribution < 1.29 is 22.4 Å². The Morgan fingerprint density at radius 2 is 1.51 bits per heavy atom. The van der Waals surface area contributed by atoms with E-state index < -0.39 is 23.7 Å². The Balaban J connectivity index is 1.76. The molecule has 1 atom stereocenters. The molecule has 0 N–H and O–H groups in total. The van der Waals surface area contributed by atoms with Gasteiger partial charge >= 0.3 is 6.18 Å². The Hall–Kier alpha value is -3.87. The third kappa shape index (κ3) is 3.81. The normalized spacial score (nSPS) is 16.1. The molecule has 0 spiro atoms. The number of benzene rings is 3. The van der Waals surface area contributed by atoms with Crippen LogP contribution in [0.4, 0.5) is 18.9 Å². The zero-order valence-corrected chi connectivity index (χ0v) is 19.3. The highest BCUT2D eigenvalue weighted by Gasteiger charge is 2.44. The maximum atomic E-state index is 13.6. The van der Waals surface area contributed by atoms with E-state index in [1.165, 1.54) is 17.0 Å². The molecule has 0 saturated heterocycles. The lowest BCUT2D eigenvalue weighted by Gasteiger charge is -2.27. The molecule has 0 bridgehead atoms. The predicted molar refractivity (Wildman–Crippen MR) is 128 cm³/mol. The molecule has 0 radical (unpaired) electrons. The maximum Gasteiger partial charge on any atom is 0.416 e. The molecule has 178 valence electrons. The summed E-state index contributed by atoms with van der Waals surface area (Å²) < 4.78 is 46.3. The van der Waals surface area contributed by atoms with Crippen LogP contribution in [-0.4, -0.2) is 5.91 Å². The molecule has 2 heterocycles. The lowest BCUT2D eigenvalue weighted by atomic mass is 9.86. The Morgan fingerprint density at radius 3 is 2.17 bits per heavy atom. The number of halogens is 3. The topological polar surface area (TPSA) is 50.5 Å². The van der Waals surface area contributed by atoms with E-state index in [1.807, 2.05) is 24.3 Å². The Kier molecular flexibility index (Phi) is 5.13. The van der Waals surface area contributed by atoms with Crippen LogP contribution in [0.5, 0.6) is 0 Å². The molecule has 4 aromatic rings. The van der Waals surface area contributed by atoms with Gasteiger partial charge in [-0.25, -0.2) is 0 Å². The fourth-order valence-corrected chi connectivity index (χ4v) is 4.50. The van der Waals surface area contributed by atoms with Crippen LogP contribution in [0, 0.1) is 0 Å². The van der Waals surface area contributed by atoms with Gasteiger partial charge in [0.2, 0.25) is 5.76 Å². The summed E-state index contributed by atoms with van der Waals surface area (Å²) in [4.78, 5) is 28.4. The number of fused-ring (bicyclic) bond motifs is 2. The van der Waals surface area contributed by atoms with Crippen molar-refractivity contribution >= 4 is 22.6 Å². The minimum absolute atomic E-state index is 0.0320. The summed E-state index contributed by atoms with van der Waals surface area (Å²) in [6, 6.07) is 17.6. The van der Waals surface area contributed by atoms with Crippen molar-refractivity contribution in [1.82, 2.24) is 0 Å². The number of carbonyl (C=O) groups is 1. The second kappa shape index (κ2) is 7.83. The number of alkyl halides is 3. The molecule has 1 amide bonds. The van der Waals surface area contributed by atoms with Gasteiger partial charge in [-0.3, -0.25) is 14.5 Å². The van der Waals surface area contributed by atoms with Crippen molar-refractivity contribution in [3.8, 4) is 0 Å². The summed E-state index contributed by atoms with van der Waals surface area (Å²) in [6.07, 6.45) is -4.59. The lowest BCUT2D eigenvalue weighted by Crippen LogP contribution is -2.29. The number of para-hydroxylation sites is 1. The first kappa shape index (κ1) is 22.9. The van der Waals surface area contributed by atoms with E-state index >= 15 is 0 Å². The van der Waals surface area contributed by atoms with E-state index in [9.17, 15) is 22.8 Å². The minimum atomic E-state index is -4.59. The predicted octanol–water partition coefficient (Wildman–Crippen LogP) is 6.86. The van der Waals surface area contributed by atoms with Crippen molar-refractivity contribution in [2.45, 2.75) is 38.4 Å². The highest BCUT2D eigenvalue weighted by molar-refractivity contribution is 6.10. The number of amides is 1. The molecule has 3 aromatic carbocycles. The van der Waals surface area contributed by atoms with Crippen molar-refractivity contribution in [1.29, 1.82) is 0 Å². The molecule has 0 fully saturated rings. The van der Waals surface area contributed by atoms with Crippen LogP contribution in [0.15, 0.2) is 82.0 Å². The number of hydrogen-bond acceptors (Lipinski definition) is 3. The van der Waals surface area contributed by atoms with Gasteiger partial charge in [-0.1, -0.05) is 63.2 Å². The molecule has 1 aliphatic rings. The van der Waals surface area contributed by atoms with Crippen molar-refractivity contribution in [2.75, 3.05) is 4.90 Å². The van der Waals surface area contributed by atoms with Crippen LogP contribution in [0.1, 0.15) is 59.6 Å². The maximum absolute atomic E-state index is 13.6.